The Hall–Kier alpha value is -0.610. The summed E-state index contributed by atoms with van der Waals surface area (Å²) in [4.78, 5) is 14.3. The van der Waals surface area contributed by atoms with Gasteiger partial charge >= 0.3 is 0 Å². The first kappa shape index (κ1) is 14.8. The molecule has 2 aliphatic rings. The second kappa shape index (κ2) is 6.23. The van der Waals surface area contributed by atoms with Crippen LogP contribution in [0, 0.1) is 5.92 Å². The summed E-state index contributed by atoms with van der Waals surface area (Å²) in [6, 6.07) is -0.0713. The average molecular weight is 268 g/mol. The minimum Gasteiger partial charge on any atom is -0.390 e. The molecule has 3 unspecified atom stereocenters. The molecule has 2 fully saturated rings. The van der Waals surface area contributed by atoms with Crippen LogP contribution in [0.3, 0.4) is 0 Å². The van der Waals surface area contributed by atoms with E-state index in [-0.39, 0.29) is 11.9 Å². The molecule has 1 amide bonds. The van der Waals surface area contributed by atoms with Gasteiger partial charge in [0.15, 0.2) is 0 Å². The number of nitrogens with zero attached hydrogens (tertiary/aromatic N) is 1. The zero-order valence-electron chi connectivity index (χ0n) is 12.3. The lowest BCUT2D eigenvalue weighted by atomic mass is 9.71. The van der Waals surface area contributed by atoms with Crippen molar-refractivity contribution >= 4 is 5.91 Å². The third-order valence-corrected chi connectivity index (χ3v) is 4.94. The van der Waals surface area contributed by atoms with E-state index in [0.717, 1.165) is 51.7 Å². The van der Waals surface area contributed by atoms with Gasteiger partial charge in [0.25, 0.3) is 0 Å². The molecule has 110 valence electrons. The summed E-state index contributed by atoms with van der Waals surface area (Å²) in [6.45, 7) is 6.52. The zero-order chi connectivity index (χ0) is 13.9. The lowest BCUT2D eigenvalue weighted by Crippen LogP contribution is -2.57. The molecule has 4 heteroatoms. The molecule has 1 heterocycles. The number of rotatable bonds is 4. The van der Waals surface area contributed by atoms with Crippen molar-refractivity contribution in [3.8, 4) is 0 Å². The molecule has 1 aliphatic carbocycles. The standard InChI is InChI=1S/C15H28N2O2/c1-3-9-16-14(18)12(2)17-10-8-15(19)7-5-4-6-13(15)11-17/h12-13,19H,3-11H2,1-2H3,(H,16,18). The van der Waals surface area contributed by atoms with E-state index in [1.807, 2.05) is 6.92 Å². The van der Waals surface area contributed by atoms with Crippen molar-refractivity contribution in [3.63, 3.8) is 0 Å². The van der Waals surface area contributed by atoms with Gasteiger partial charge in [0.05, 0.1) is 11.6 Å². The lowest BCUT2D eigenvalue weighted by molar-refractivity contribution is -0.133. The van der Waals surface area contributed by atoms with Gasteiger partial charge in [0.1, 0.15) is 0 Å². The Labute approximate surface area is 116 Å². The fraction of sp³-hybridized carbons (Fsp3) is 0.933. The molecule has 1 aliphatic heterocycles. The molecule has 0 radical (unpaired) electrons. The highest BCUT2D eigenvalue weighted by molar-refractivity contribution is 5.81. The van der Waals surface area contributed by atoms with Crippen LogP contribution in [0.5, 0.6) is 0 Å². The van der Waals surface area contributed by atoms with Gasteiger partial charge in [-0.15, -0.1) is 0 Å². The van der Waals surface area contributed by atoms with Crippen LogP contribution in [0.4, 0.5) is 0 Å². The molecule has 0 aromatic rings. The van der Waals surface area contributed by atoms with Crippen molar-refractivity contribution in [2.24, 2.45) is 5.92 Å². The van der Waals surface area contributed by atoms with Gasteiger partial charge in [-0.2, -0.15) is 0 Å². The van der Waals surface area contributed by atoms with Crippen LogP contribution in [-0.2, 0) is 4.79 Å². The number of fused-ring (bicyclic) bond motifs is 1. The molecule has 4 nitrogen and oxygen atoms in total. The number of nitrogens with one attached hydrogen (secondary N) is 1. The first-order chi connectivity index (χ1) is 9.07. The van der Waals surface area contributed by atoms with E-state index in [1.54, 1.807) is 0 Å². The molecule has 1 saturated heterocycles. The Kier molecular flexibility index (Phi) is 4.85. The largest absolute Gasteiger partial charge is 0.390 e. The van der Waals surface area contributed by atoms with E-state index in [0.29, 0.717) is 5.92 Å². The highest BCUT2D eigenvalue weighted by Crippen LogP contribution is 2.40. The van der Waals surface area contributed by atoms with Gasteiger partial charge in [-0.25, -0.2) is 0 Å². The maximum atomic E-state index is 12.0. The minimum atomic E-state index is -0.450. The number of likely N-dealkylation sites (tertiary alicyclic amines) is 1. The van der Waals surface area contributed by atoms with Crippen LogP contribution in [0.15, 0.2) is 0 Å². The fourth-order valence-electron chi connectivity index (χ4n) is 3.51. The van der Waals surface area contributed by atoms with Gasteiger partial charge in [-0.1, -0.05) is 19.8 Å². The van der Waals surface area contributed by atoms with Crippen molar-refractivity contribution < 1.29 is 9.90 Å². The average Bonchev–Trinajstić information content (AvgIpc) is 2.42. The number of hydrogen-bond donors (Lipinski definition) is 2. The maximum absolute atomic E-state index is 12.0. The second-order valence-electron chi connectivity index (χ2n) is 6.26. The fourth-order valence-corrected chi connectivity index (χ4v) is 3.51. The van der Waals surface area contributed by atoms with Crippen molar-refractivity contribution in [1.29, 1.82) is 0 Å². The highest BCUT2D eigenvalue weighted by Gasteiger charge is 2.44. The molecular formula is C15H28N2O2. The quantitative estimate of drug-likeness (QED) is 0.813. The molecule has 2 rings (SSSR count). The number of hydrogen-bond acceptors (Lipinski definition) is 3. The number of piperidine rings is 1. The van der Waals surface area contributed by atoms with E-state index in [9.17, 15) is 9.90 Å². The molecule has 0 aromatic heterocycles. The number of carbonyl (C=O) groups is 1. The van der Waals surface area contributed by atoms with Gasteiger partial charge in [-0.3, -0.25) is 9.69 Å². The number of carbonyl (C=O) groups excluding carboxylic acids is 1. The summed E-state index contributed by atoms with van der Waals surface area (Å²) in [5.74, 6) is 0.486. The van der Waals surface area contributed by atoms with Crippen LogP contribution >= 0.6 is 0 Å². The summed E-state index contributed by atoms with van der Waals surface area (Å²) in [5.41, 5.74) is -0.450. The van der Waals surface area contributed by atoms with Gasteiger partial charge < -0.3 is 10.4 Å². The number of amides is 1. The molecule has 0 bridgehead atoms. The highest BCUT2D eigenvalue weighted by atomic mass is 16.3. The van der Waals surface area contributed by atoms with Crippen molar-refractivity contribution in [1.82, 2.24) is 10.2 Å². The Bertz CT molecular complexity index is 321. The molecular weight excluding hydrogens is 240 g/mol. The molecule has 2 N–H and O–H groups in total. The van der Waals surface area contributed by atoms with Crippen LogP contribution in [-0.4, -0.2) is 47.2 Å². The molecule has 0 spiro atoms. The first-order valence-corrected chi connectivity index (χ1v) is 7.81. The molecule has 3 atom stereocenters. The third kappa shape index (κ3) is 3.29. The van der Waals surface area contributed by atoms with E-state index < -0.39 is 5.60 Å². The third-order valence-electron chi connectivity index (χ3n) is 4.94. The first-order valence-electron chi connectivity index (χ1n) is 7.81. The Balaban J connectivity index is 1.91. The van der Waals surface area contributed by atoms with Crippen molar-refractivity contribution in [2.45, 2.75) is 64.0 Å². The smallest absolute Gasteiger partial charge is 0.237 e. The summed E-state index contributed by atoms with van der Waals surface area (Å²) < 4.78 is 0. The van der Waals surface area contributed by atoms with Crippen LogP contribution < -0.4 is 5.32 Å². The van der Waals surface area contributed by atoms with Crippen LogP contribution in [0.2, 0.25) is 0 Å². The zero-order valence-corrected chi connectivity index (χ0v) is 12.3. The Morgan fingerprint density at radius 1 is 1.47 bits per heavy atom. The predicted molar refractivity (Wildman–Crippen MR) is 75.9 cm³/mol. The van der Waals surface area contributed by atoms with Gasteiger partial charge in [0, 0.05) is 25.6 Å². The minimum absolute atomic E-state index is 0.0713. The van der Waals surface area contributed by atoms with E-state index in [4.69, 9.17) is 0 Å². The Morgan fingerprint density at radius 2 is 2.26 bits per heavy atom. The summed E-state index contributed by atoms with van der Waals surface area (Å²) >= 11 is 0. The Morgan fingerprint density at radius 3 is 3.00 bits per heavy atom. The summed E-state index contributed by atoms with van der Waals surface area (Å²) in [6.07, 6.45) is 6.22. The monoisotopic (exact) mass is 268 g/mol. The van der Waals surface area contributed by atoms with E-state index in [2.05, 4.69) is 17.1 Å². The number of aliphatic hydroxyl groups is 1. The van der Waals surface area contributed by atoms with E-state index in [1.165, 1.54) is 6.42 Å². The summed E-state index contributed by atoms with van der Waals surface area (Å²) in [5, 5.41) is 13.6. The molecule has 0 aromatic carbocycles. The second-order valence-corrected chi connectivity index (χ2v) is 6.26. The van der Waals surface area contributed by atoms with Crippen molar-refractivity contribution in [2.75, 3.05) is 19.6 Å². The topological polar surface area (TPSA) is 52.6 Å². The summed E-state index contributed by atoms with van der Waals surface area (Å²) in [7, 11) is 0. The molecule has 19 heavy (non-hydrogen) atoms. The normalized spacial score (nSPS) is 33.5. The SMILES string of the molecule is CCCNC(=O)C(C)N1CCC2(O)CCCCC2C1. The predicted octanol–water partition coefficient (Wildman–Crippen LogP) is 1.53. The van der Waals surface area contributed by atoms with Crippen LogP contribution in [0.25, 0.3) is 0 Å². The maximum Gasteiger partial charge on any atom is 0.237 e. The van der Waals surface area contributed by atoms with Gasteiger partial charge in [-0.05, 0) is 32.6 Å². The van der Waals surface area contributed by atoms with E-state index >= 15 is 0 Å². The van der Waals surface area contributed by atoms with Crippen LogP contribution in [0.1, 0.15) is 52.4 Å². The van der Waals surface area contributed by atoms with Gasteiger partial charge in [0.2, 0.25) is 5.91 Å². The lowest BCUT2D eigenvalue weighted by Gasteiger charge is -2.48. The molecule has 1 saturated carbocycles. The van der Waals surface area contributed by atoms with Crippen molar-refractivity contribution in [3.05, 3.63) is 0 Å².